The number of hydrogen-bond donors (Lipinski definition) is 1. The van der Waals surface area contributed by atoms with Crippen LogP contribution in [0.3, 0.4) is 0 Å². The van der Waals surface area contributed by atoms with E-state index in [0.717, 1.165) is 0 Å². The zero-order chi connectivity index (χ0) is 9.10. The van der Waals surface area contributed by atoms with Crippen molar-refractivity contribution >= 4 is 17.6 Å². The Labute approximate surface area is 82.7 Å². The number of nitrogens with one attached hydrogen (secondary N) is 1. The molecular formula is C11H11NS. The second-order valence-corrected chi connectivity index (χ2v) is 3.66. The van der Waals surface area contributed by atoms with Crippen LogP contribution in [-0.4, -0.2) is 0 Å². The highest BCUT2D eigenvalue weighted by Crippen LogP contribution is 2.21. The van der Waals surface area contributed by atoms with Crippen molar-refractivity contribution in [2.24, 2.45) is 0 Å². The van der Waals surface area contributed by atoms with Crippen molar-refractivity contribution in [3.63, 3.8) is 0 Å². The third kappa shape index (κ3) is 1.78. The van der Waals surface area contributed by atoms with Gasteiger partial charge in [-0.05, 0) is 35.9 Å². The molecule has 2 rings (SSSR count). The highest BCUT2D eigenvalue weighted by atomic mass is 32.2. The lowest BCUT2D eigenvalue weighted by molar-refractivity contribution is 1.34. The minimum atomic E-state index is 1.19. The van der Waals surface area contributed by atoms with Gasteiger partial charge in [-0.2, -0.15) is 0 Å². The summed E-state index contributed by atoms with van der Waals surface area (Å²) in [4.78, 5) is 0. The average molecular weight is 189 g/mol. The second kappa shape index (κ2) is 3.71. The van der Waals surface area contributed by atoms with Crippen molar-refractivity contribution in [2.75, 3.05) is 0 Å². The molecule has 0 unspecified atom stereocenters. The van der Waals surface area contributed by atoms with Gasteiger partial charge in [0, 0.05) is 5.56 Å². The molecule has 1 aromatic rings. The summed E-state index contributed by atoms with van der Waals surface area (Å²) in [6.45, 7) is 2.13. The SMILES string of the molecule is Cc1ccccc1C1=CC=CSN1. The van der Waals surface area contributed by atoms with Crippen LogP contribution in [0.5, 0.6) is 0 Å². The zero-order valence-corrected chi connectivity index (χ0v) is 8.27. The normalized spacial score (nSPS) is 15.0. The maximum absolute atomic E-state index is 3.27. The van der Waals surface area contributed by atoms with Crippen LogP contribution in [-0.2, 0) is 0 Å². The van der Waals surface area contributed by atoms with Crippen molar-refractivity contribution in [1.29, 1.82) is 0 Å². The molecule has 1 N–H and O–H groups in total. The average Bonchev–Trinajstić information content (AvgIpc) is 2.20. The molecule has 0 saturated carbocycles. The molecule has 0 radical (unpaired) electrons. The summed E-state index contributed by atoms with van der Waals surface area (Å²) in [7, 11) is 0. The molecule has 0 saturated heterocycles. The predicted molar refractivity (Wildman–Crippen MR) is 59.0 cm³/mol. The molecule has 1 aliphatic rings. The van der Waals surface area contributed by atoms with Crippen molar-refractivity contribution in [3.05, 3.63) is 53.0 Å². The van der Waals surface area contributed by atoms with E-state index in [1.165, 1.54) is 16.8 Å². The van der Waals surface area contributed by atoms with Crippen LogP contribution in [0.4, 0.5) is 0 Å². The van der Waals surface area contributed by atoms with Gasteiger partial charge in [-0.3, -0.25) is 0 Å². The van der Waals surface area contributed by atoms with Crippen molar-refractivity contribution in [1.82, 2.24) is 4.72 Å². The number of rotatable bonds is 1. The molecule has 0 fully saturated rings. The Balaban J connectivity index is 2.40. The molecule has 1 nitrogen and oxygen atoms in total. The Hall–Kier alpha value is -1.15. The summed E-state index contributed by atoms with van der Waals surface area (Å²) in [5, 5.41) is 2.03. The first-order valence-electron chi connectivity index (χ1n) is 4.22. The molecule has 0 amide bonds. The molecule has 1 heterocycles. The molecule has 66 valence electrons. The Morgan fingerprint density at radius 2 is 2.08 bits per heavy atom. The lowest BCUT2D eigenvalue weighted by Gasteiger charge is -2.12. The molecule has 0 aliphatic carbocycles. The first-order chi connectivity index (χ1) is 6.38. The molecule has 0 spiro atoms. The quantitative estimate of drug-likeness (QED) is 0.681. The van der Waals surface area contributed by atoms with Gasteiger partial charge in [-0.15, -0.1) is 0 Å². The first-order valence-corrected chi connectivity index (χ1v) is 5.10. The smallest absolute Gasteiger partial charge is 0.0518 e. The van der Waals surface area contributed by atoms with Gasteiger partial charge < -0.3 is 4.72 Å². The van der Waals surface area contributed by atoms with Crippen LogP contribution < -0.4 is 4.72 Å². The third-order valence-electron chi connectivity index (χ3n) is 2.01. The number of aryl methyl sites for hydroxylation is 1. The molecule has 0 bridgehead atoms. The van der Waals surface area contributed by atoms with Crippen molar-refractivity contribution in [3.8, 4) is 0 Å². The zero-order valence-electron chi connectivity index (χ0n) is 7.45. The van der Waals surface area contributed by atoms with Crippen molar-refractivity contribution < 1.29 is 0 Å². The predicted octanol–water partition coefficient (Wildman–Crippen LogP) is 3.10. The molecular weight excluding hydrogens is 178 g/mol. The molecule has 1 aliphatic heterocycles. The summed E-state index contributed by atoms with van der Waals surface area (Å²) < 4.78 is 3.27. The van der Waals surface area contributed by atoms with E-state index >= 15 is 0 Å². The maximum atomic E-state index is 3.27. The standard InChI is InChI=1S/C11H11NS/c1-9-5-2-3-6-10(9)11-7-4-8-13-12-11/h2-8,12H,1H3. The summed E-state index contributed by atoms with van der Waals surface area (Å²) in [5.41, 5.74) is 3.77. The highest BCUT2D eigenvalue weighted by Gasteiger charge is 2.04. The van der Waals surface area contributed by atoms with Gasteiger partial charge >= 0.3 is 0 Å². The van der Waals surface area contributed by atoms with Crippen molar-refractivity contribution in [2.45, 2.75) is 6.92 Å². The monoisotopic (exact) mass is 189 g/mol. The first kappa shape index (κ1) is 8.45. The Morgan fingerprint density at radius 3 is 2.77 bits per heavy atom. The van der Waals surface area contributed by atoms with Crippen LogP contribution in [0.1, 0.15) is 11.1 Å². The van der Waals surface area contributed by atoms with Gasteiger partial charge in [-0.1, -0.05) is 30.3 Å². The van der Waals surface area contributed by atoms with E-state index in [1.807, 2.05) is 5.41 Å². The largest absolute Gasteiger partial charge is 0.326 e. The second-order valence-electron chi connectivity index (χ2n) is 2.94. The fraction of sp³-hybridized carbons (Fsp3) is 0.0909. The fourth-order valence-electron chi connectivity index (χ4n) is 1.33. The Kier molecular flexibility index (Phi) is 2.41. The van der Waals surface area contributed by atoms with Crippen LogP contribution in [0.15, 0.2) is 41.8 Å². The topological polar surface area (TPSA) is 12.0 Å². The van der Waals surface area contributed by atoms with E-state index in [0.29, 0.717) is 0 Å². The minimum absolute atomic E-state index is 1.19. The number of allylic oxidation sites excluding steroid dienone is 2. The fourth-order valence-corrected chi connectivity index (χ4v) is 1.86. The van der Waals surface area contributed by atoms with Crippen LogP contribution in [0.25, 0.3) is 5.70 Å². The van der Waals surface area contributed by atoms with Crippen LogP contribution in [0, 0.1) is 6.92 Å². The minimum Gasteiger partial charge on any atom is -0.326 e. The lowest BCUT2D eigenvalue weighted by atomic mass is 10.1. The van der Waals surface area contributed by atoms with Crippen LogP contribution in [0.2, 0.25) is 0 Å². The highest BCUT2D eigenvalue weighted by molar-refractivity contribution is 8.00. The van der Waals surface area contributed by atoms with Gasteiger partial charge in [-0.25, -0.2) is 0 Å². The maximum Gasteiger partial charge on any atom is 0.0518 e. The molecule has 13 heavy (non-hydrogen) atoms. The van der Waals surface area contributed by atoms with Gasteiger partial charge in [0.15, 0.2) is 0 Å². The van der Waals surface area contributed by atoms with Gasteiger partial charge in [0.05, 0.1) is 5.70 Å². The summed E-state index contributed by atoms with van der Waals surface area (Å²) >= 11 is 1.61. The summed E-state index contributed by atoms with van der Waals surface area (Å²) in [6.07, 6.45) is 4.15. The van der Waals surface area contributed by atoms with E-state index < -0.39 is 0 Å². The number of hydrogen-bond acceptors (Lipinski definition) is 2. The Morgan fingerprint density at radius 1 is 1.23 bits per heavy atom. The molecule has 0 atom stereocenters. The summed E-state index contributed by atoms with van der Waals surface area (Å²) in [6, 6.07) is 8.38. The van der Waals surface area contributed by atoms with Crippen LogP contribution >= 0.6 is 11.9 Å². The van der Waals surface area contributed by atoms with Gasteiger partial charge in [0.1, 0.15) is 0 Å². The van der Waals surface area contributed by atoms with E-state index in [2.05, 4.69) is 48.1 Å². The lowest BCUT2D eigenvalue weighted by Crippen LogP contribution is -2.04. The number of benzene rings is 1. The summed E-state index contributed by atoms with van der Waals surface area (Å²) in [5.74, 6) is 0. The van der Waals surface area contributed by atoms with E-state index in [1.54, 1.807) is 11.9 Å². The molecule has 1 aromatic carbocycles. The molecule has 0 aromatic heterocycles. The van der Waals surface area contributed by atoms with Gasteiger partial charge in [0.25, 0.3) is 0 Å². The van der Waals surface area contributed by atoms with E-state index in [9.17, 15) is 0 Å². The third-order valence-corrected chi connectivity index (χ3v) is 2.64. The van der Waals surface area contributed by atoms with E-state index in [-0.39, 0.29) is 0 Å². The Bertz CT molecular complexity index is 366. The van der Waals surface area contributed by atoms with Gasteiger partial charge in [0.2, 0.25) is 0 Å². The van der Waals surface area contributed by atoms with E-state index in [4.69, 9.17) is 0 Å². The molecule has 2 heteroatoms.